The van der Waals surface area contributed by atoms with Crippen molar-refractivity contribution >= 4 is 34.6 Å². The summed E-state index contributed by atoms with van der Waals surface area (Å²) in [6, 6.07) is 5.46. The Balaban J connectivity index is 0.000000263. The lowest BCUT2D eigenvalue weighted by Gasteiger charge is -2.06. The van der Waals surface area contributed by atoms with Gasteiger partial charge in [0.15, 0.2) is 5.75 Å². The molecule has 0 saturated heterocycles. The minimum Gasteiger partial charge on any atom is -0.502 e. The van der Waals surface area contributed by atoms with Gasteiger partial charge >= 0.3 is 11.4 Å². The third-order valence-electron chi connectivity index (χ3n) is 3.46. The maximum atomic E-state index is 10.5. The largest absolute Gasteiger partial charge is 0.502 e. The molecule has 2 aromatic carbocycles. The maximum absolute atomic E-state index is 10.5. The van der Waals surface area contributed by atoms with Gasteiger partial charge in [-0.25, -0.2) is 0 Å². The average Bonchev–Trinajstić information content (AvgIpc) is 2.58. The SMILES string of the molecule is CCc1c(Cl)cc([N+](=O)[O-])c(O)c1Cl.CCc1ccc([N+](=O)[O-])c(O)c1. The van der Waals surface area contributed by atoms with Crippen LogP contribution in [0.15, 0.2) is 24.3 Å². The number of nitrogens with zero attached hydrogens (tertiary/aromatic N) is 2. The lowest BCUT2D eigenvalue weighted by molar-refractivity contribution is -0.386. The molecular weight excluding hydrogens is 387 g/mol. The highest BCUT2D eigenvalue weighted by molar-refractivity contribution is 6.37. The molecule has 140 valence electrons. The number of nitro groups is 2. The van der Waals surface area contributed by atoms with Crippen LogP contribution in [0.1, 0.15) is 25.0 Å². The van der Waals surface area contributed by atoms with Gasteiger partial charge in [0, 0.05) is 12.1 Å². The first kappa shape index (κ1) is 21.5. The van der Waals surface area contributed by atoms with E-state index < -0.39 is 21.3 Å². The van der Waals surface area contributed by atoms with Crippen molar-refractivity contribution in [2.45, 2.75) is 26.7 Å². The van der Waals surface area contributed by atoms with E-state index in [0.717, 1.165) is 18.1 Å². The quantitative estimate of drug-likeness (QED) is 0.544. The Labute approximate surface area is 158 Å². The number of nitro benzene ring substituents is 2. The molecule has 0 atom stereocenters. The smallest absolute Gasteiger partial charge is 0.313 e. The molecule has 0 unspecified atom stereocenters. The summed E-state index contributed by atoms with van der Waals surface area (Å²) in [7, 11) is 0. The van der Waals surface area contributed by atoms with Crippen molar-refractivity contribution in [3.8, 4) is 11.5 Å². The van der Waals surface area contributed by atoms with Gasteiger partial charge in [0.05, 0.1) is 19.9 Å². The lowest BCUT2D eigenvalue weighted by atomic mass is 10.1. The van der Waals surface area contributed by atoms with E-state index in [4.69, 9.17) is 28.3 Å². The molecule has 0 spiro atoms. The van der Waals surface area contributed by atoms with E-state index in [9.17, 15) is 25.3 Å². The molecule has 0 fully saturated rings. The molecule has 2 N–H and O–H groups in total. The molecule has 0 bridgehead atoms. The first-order chi connectivity index (χ1) is 12.1. The molecule has 0 aliphatic heterocycles. The number of aryl methyl sites for hydroxylation is 1. The average molecular weight is 403 g/mol. The number of rotatable bonds is 4. The first-order valence-corrected chi connectivity index (χ1v) is 8.20. The minimum absolute atomic E-state index is 0.0494. The van der Waals surface area contributed by atoms with Crippen molar-refractivity contribution in [1.82, 2.24) is 0 Å². The number of benzene rings is 2. The summed E-state index contributed by atoms with van der Waals surface area (Å²) in [5, 5.41) is 39.4. The van der Waals surface area contributed by atoms with Gasteiger partial charge in [-0.05, 0) is 30.0 Å². The zero-order valence-corrected chi connectivity index (χ0v) is 15.4. The van der Waals surface area contributed by atoms with Crippen LogP contribution < -0.4 is 0 Å². The Hall–Kier alpha value is -2.58. The Bertz CT molecular complexity index is 842. The Morgan fingerprint density at radius 1 is 0.962 bits per heavy atom. The highest BCUT2D eigenvalue weighted by atomic mass is 35.5. The topological polar surface area (TPSA) is 127 Å². The molecule has 0 aliphatic carbocycles. The number of phenolic OH excluding ortho intramolecular Hbond substituents is 2. The third kappa shape index (κ3) is 4.96. The van der Waals surface area contributed by atoms with E-state index in [1.165, 1.54) is 12.1 Å². The van der Waals surface area contributed by atoms with Gasteiger partial charge in [-0.3, -0.25) is 20.2 Å². The third-order valence-corrected chi connectivity index (χ3v) is 4.21. The number of aromatic hydroxyl groups is 2. The molecule has 0 radical (unpaired) electrons. The standard InChI is InChI=1S/C8H7Cl2NO3.C8H9NO3/c1-2-4-5(9)3-6(11(13)14)8(12)7(4)10;1-2-6-3-4-7(9(11)12)8(10)5-6/h3,12H,2H2,1H3;3-5,10H,2H2,1H3. The predicted molar refractivity (Wildman–Crippen MR) is 98.3 cm³/mol. The molecule has 26 heavy (non-hydrogen) atoms. The van der Waals surface area contributed by atoms with E-state index in [0.29, 0.717) is 12.0 Å². The highest BCUT2D eigenvalue weighted by Gasteiger charge is 2.21. The van der Waals surface area contributed by atoms with Crippen LogP contribution in [0.5, 0.6) is 11.5 Å². The second-order valence-electron chi connectivity index (χ2n) is 5.06. The zero-order chi connectivity index (χ0) is 20.0. The summed E-state index contributed by atoms with van der Waals surface area (Å²) in [5.74, 6) is -0.794. The van der Waals surface area contributed by atoms with Crippen molar-refractivity contribution in [2.24, 2.45) is 0 Å². The molecule has 2 aromatic rings. The normalized spacial score (nSPS) is 10.0. The van der Waals surface area contributed by atoms with Crippen LogP contribution >= 0.6 is 23.2 Å². The van der Waals surface area contributed by atoms with Gasteiger partial charge in [0.1, 0.15) is 0 Å². The van der Waals surface area contributed by atoms with Crippen LogP contribution in [0.2, 0.25) is 10.0 Å². The number of hydrogen-bond donors (Lipinski definition) is 2. The maximum Gasteiger partial charge on any atom is 0.313 e. The summed E-state index contributed by atoms with van der Waals surface area (Å²) >= 11 is 11.5. The fourth-order valence-electron chi connectivity index (χ4n) is 2.04. The van der Waals surface area contributed by atoms with Crippen molar-refractivity contribution in [2.75, 3.05) is 0 Å². The molecule has 10 heteroatoms. The monoisotopic (exact) mass is 402 g/mol. The van der Waals surface area contributed by atoms with E-state index in [2.05, 4.69) is 0 Å². The van der Waals surface area contributed by atoms with E-state index in [1.54, 1.807) is 13.0 Å². The Morgan fingerprint density at radius 3 is 1.96 bits per heavy atom. The predicted octanol–water partition coefficient (Wildman–Crippen LogP) is 5.03. The first-order valence-electron chi connectivity index (χ1n) is 7.44. The van der Waals surface area contributed by atoms with Gasteiger partial charge in [0.25, 0.3) is 0 Å². The van der Waals surface area contributed by atoms with Crippen molar-refractivity contribution in [1.29, 1.82) is 0 Å². The van der Waals surface area contributed by atoms with E-state index in [-0.39, 0.29) is 21.5 Å². The summed E-state index contributed by atoms with van der Waals surface area (Å²) < 4.78 is 0. The van der Waals surface area contributed by atoms with Crippen molar-refractivity contribution in [3.05, 3.63) is 65.7 Å². The molecule has 2 rings (SSSR count). The molecular formula is C16H16Cl2N2O6. The molecule has 0 aliphatic rings. The van der Waals surface area contributed by atoms with Crippen LogP contribution in [0, 0.1) is 20.2 Å². The lowest BCUT2D eigenvalue weighted by Crippen LogP contribution is -1.93. The second kappa shape index (κ2) is 9.21. The number of phenols is 2. The minimum atomic E-state index is -0.730. The van der Waals surface area contributed by atoms with Gasteiger partial charge in [-0.15, -0.1) is 0 Å². The van der Waals surface area contributed by atoms with Crippen LogP contribution in [0.3, 0.4) is 0 Å². The summed E-state index contributed by atoms with van der Waals surface area (Å²) in [5.41, 5.74) is 0.680. The molecule has 0 saturated carbocycles. The molecule has 0 amide bonds. The van der Waals surface area contributed by atoms with E-state index in [1.807, 2.05) is 6.92 Å². The summed E-state index contributed by atoms with van der Waals surface area (Å²) in [6.07, 6.45) is 1.26. The fraction of sp³-hybridized carbons (Fsp3) is 0.250. The van der Waals surface area contributed by atoms with Crippen molar-refractivity contribution in [3.63, 3.8) is 0 Å². The summed E-state index contributed by atoms with van der Waals surface area (Å²) in [4.78, 5) is 19.4. The van der Waals surface area contributed by atoms with Gasteiger partial charge in [-0.1, -0.05) is 43.1 Å². The van der Waals surface area contributed by atoms with E-state index >= 15 is 0 Å². The second-order valence-corrected chi connectivity index (χ2v) is 5.85. The van der Waals surface area contributed by atoms with Crippen molar-refractivity contribution < 1.29 is 20.1 Å². The number of halogens is 2. The van der Waals surface area contributed by atoms with Gasteiger partial charge < -0.3 is 10.2 Å². The van der Waals surface area contributed by atoms with Gasteiger partial charge in [-0.2, -0.15) is 0 Å². The summed E-state index contributed by atoms with van der Waals surface area (Å²) in [6.45, 7) is 3.71. The molecule has 8 nitrogen and oxygen atoms in total. The molecule has 0 aromatic heterocycles. The van der Waals surface area contributed by atoms with Gasteiger partial charge in [0.2, 0.25) is 5.75 Å². The van der Waals surface area contributed by atoms with Crippen LogP contribution in [0.25, 0.3) is 0 Å². The molecule has 0 heterocycles. The number of hydrogen-bond acceptors (Lipinski definition) is 6. The Morgan fingerprint density at radius 2 is 1.54 bits per heavy atom. The Kier molecular flexibility index (Phi) is 7.60. The van der Waals surface area contributed by atoms with Crippen LogP contribution in [-0.2, 0) is 12.8 Å². The highest BCUT2D eigenvalue weighted by Crippen LogP contribution is 2.40. The van der Waals surface area contributed by atoms with Crippen LogP contribution in [0.4, 0.5) is 11.4 Å². The fourth-order valence-corrected chi connectivity index (χ4v) is 2.75. The zero-order valence-electron chi connectivity index (χ0n) is 13.9. The van der Waals surface area contributed by atoms with Crippen LogP contribution in [-0.4, -0.2) is 20.1 Å².